The number of hydrogen-bond acceptors (Lipinski definition) is 0. The van der Waals surface area contributed by atoms with Crippen molar-refractivity contribution in [3.63, 3.8) is 0 Å². The van der Waals surface area contributed by atoms with Crippen molar-refractivity contribution in [3.05, 3.63) is 0 Å². The normalized spacial score (nSPS) is 12.6. The average molecular weight is 497 g/mol. The summed E-state index contributed by atoms with van der Waals surface area (Å²) in [7, 11) is 0. The molecule has 0 aliphatic carbocycles. The number of halogens is 5. The Morgan fingerprint density at radius 3 is 0.893 bits per heavy atom. The Kier molecular flexibility index (Phi) is 20.2. The first kappa shape index (κ1) is 29.5. The van der Waals surface area contributed by atoms with Gasteiger partial charge in [-0.15, -0.1) is 0 Å². The quantitative estimate of drug-likeness (QED) is 0.116. The standard InChI is InChI=1S/C23H43Cl5/c1-2-3-4-5-6-7-8-9-10-11-12-13-14-15-16-17-18-19-20-21-22(24,25)23(26,27)28/h2-21H2,1H3. The Labute approximate surface area is 200 Å². The fourth-order valence-corrected chi connectivity index (χ4v) is 4.12. The summed E-state index contributed by atoms with van der Waals surface area (Å²) < 4.78 is -2.91. The smallest absolute Gasteiger partial charge is 0.0969 e. The van der Waals surface area contributed by atoms with Gasteiger partial charge < -0.3 is 0 Å². The molecule has 28 heavy (non-hydrogen) atoms. The number of rotatable bonds is 20. The molecule has 0 radical (unpaired) electrons. The second-order valence-corrected chi connectivity index (χ2v) is 12.1. The maximum atomic E-state index is 6.06. The third-order valence-electron chi connectivity index (χ3n) is 5.51. The predicted octanol–water partition coefficient (Wildman–Crippen LogP) is 11.4. The third kappa shape index (κ3) is 18.2. The Bertz CT molecular complexity index is 325. The summed E-state index contributed by atoms with van der Waals surface area (Å²) in [5.74, 6) is 0. The molecule has 0 nitrogen and oxygen atoms in total. The highest BCUT2D eigenvalue weighted by atomic mass is 35.6. The molecule has 0 rings (SSSR count). The highest BCUT2D eigenvalue weighted by Gasteiger charge is 2.44. The number of hydrogen-bond donors (Lipinski definition) is 0. The molecule has 0 fully saturated rings. The molecular weight excluding hydrogens is 454 g/mol. The molecule has 0 heterocycles. The van der Waals surface area contributed by atoms with Crippen molar-refractivity contribution >= 4 is 58.0 Å². The van der Waals surface area contributed by atoms with Crippen molar-refractivity contribution in [1.29, 1.82) is 0 Å². The van der Waals surface area contributed by atoms with Crippen molar-refractivity contribution in [3.8, 4) is 0 Å². The highest BCUT2D eigenvalue weighted by Crippen LogP contribution is 2.48. The topological polar surface area (TPSA) is 0 Å². The average Bonchev–Trinajstić information content (AvgIpc) is 2.62. The van der Waals surface area contributed by atoms with Crippen molar-refractivity contribution in [1.82, 2.24) is 0 Å². The summed E-state index contributed by atoms with van der Waals surface area (Å²) in [6, 6.07) is 0. The zero-order valence-electron chi connectivity index (χ0n) is 18.0. The summed E-state index contributed by atoms with van der Waals surface area (Å²) in [5.41, 5.74) is 0. The van der Waals surface area contributed by atoms with Crippen molar-refractivity contribution in [2.24, 2.45) is 0 Å². The van der Waals surface area contributed by atoms with Gasteiger partial charge in [0, 0.05) is 0 Å². The van der Waals surface area contributed by atoms with E-state index in [1.165, 1.54) is 109 Å². The van der Waals surface area contributed by atoms with Gasteiger partial charge in [-0.2, -0.15) is 0 Å². The summed E-state index contributed by atoms with van der Waals surface area (Å²) >= 11 is 29.5. The van der Waals surface area contributed by atoms with Crippen LogP contribution in [0.4, 0.5) is 0 Å². The molecule has 0 atom stereocenters. The molecule has 0 bridgehead atoms. The second kappa shape index (κ2) is 19.2. The van der Waals surface area contributed by atoms with E-state index in [1.54, 1.807) is 0 Å². The van der Waals surface area contributed by atoms with Gasteiger partial charge in [0.1, 0.15) is 0 Å². The van der Waals surface area contributed by atoms with Crippen LogP contribution in [0.3, 0.4) is 0 Å². The molecular formula is C23H43Cl5. The zero-order chi connectivity index (χ0) is 21.1. The van der Waals surface area contributed by atoms with Gasteiger partial charge in [0.05, 0.1) is 0 Å². The molecule has 5 heteroatoms. The van der Waals surface area contributed by atoms with Gasteiger partial charge in [0.2, 0.25) is 3.79 Å². The van der Waals surface area contributed by atoms with E-state index in [2.05, 4.69) is 6.92 Å². The van der Waals surface area contributed by atoms with E-state index >= 15 is 0 Å². The van der Waals surface area contributed by atoms with Crippen LogP contribution in [-0.4, -0.2) is 8.13 Å². The van der Waals surface area contributed by atoms with E-state index in [9.17, 15) is 0 Å². The number of unbranched alkanes of at least 4 members (excludes halogenated alkanes) is 18. The van der Waals surface area contributed by atoms with Gasteiger partial charge in [0.25, 0.3) is 0 Å². The molecule has 0 aliphatic heterocycles. The Hall–Kier alpha value is 1.45. The highest BCUT2D eigenvalue weighted by molar-refractivity contribution is 6.75. The van der Waals surface area contributed by atoms with E-state index in [4.69, 9.17) is 58.0 Å². The molecule has 0 saturated heterocycles. The van der Waals surface area contributed by atoms with Crippen LogP contribution in [0.5, 0.6) is 0 Å². The second-order valence-electron chi connectivity index (χ2n) is 8.32. The fraction of sp³-hybridized carbons (Fsp3) is 1.00. The largest absolute Gasteiger partial charge is 0.223 e. The summed E-state index contributed by atoms with van der Waals surface area (Å²) in [6.07, 6.45) is 26.2. The fourth-order valence-electron chi connectivity index (χ4n) is 3.57. The number of alkyl halides is 5. The molecule has 0 aromatic rings. The Balaban J connectivity index is 3.18. The maximum Gasteiger partial charge on any atom is 0.223 e. The molecule has 0 aromatic carbocycles. The Morgan fingerprint density at radius 1 is 0.393 bits per heavy atom. The molecule has 0 saturated carbocycles. The minimum absolute atomic E-state index is 0.519. The van der Waals surface area contributed by atoms with E-state index < -0.39 is 8.13 Å². The summed E-state index contributed by atoms with van der Waals surface area (Å²) in [5, 5.41) is 0. The lowest BCUT2D eigenvalue weighted by Gasteiger charge is -2.27. The lowest BCUT2D eigenvalue weighted by Crippen LogP contribution is -2.30. The lowest BCUT2D eigenvalue weighted by atomic mass is 10.0. The van der Waals surface area contributed by atoms with Crippen molar-refractivity contribution in [2.45, 2.75) is 143 Å². The monoisotopic (exact) mass is 494 g/mol. The van der Waals surface area contributed by atoms with Gasteiger partial charge >= 0.3 is 0 Å². The van der Waals surface area contributed by atoms with Crippen molar-refractivity contribution < 1.29 is 0 Å². The van der Waals surface area contributed by atoms with Crippen molar-refractivity contribution in [2.75, 3.05) is 0 Å². The summed E-state index contributed by atoms with van der Waals surface area (Å²) in [6.45, 7) is 2.28. The maximum absolute atomic E-state index is 6.06. The summed E-state index contributed by atoms with van der Waals surface area (Å²) in [4.78, 5) is 0. The van der Waals surface area contributed by atoms with E-state index in [-0.39, 0.29) is 0 Å². The predicted molar refractivity (Wildman–Crippen MR) is 133 cm³/mol. The van der Waals surface area contributed by atoms with Crippen LogP contribution in [0.25, 0.3) is 0 Å². The first-order valence-electron chi connectivity index (χ1n) is 11.8. The van der Waals surface area contributed by atoms with E-state index in [0.29, 0.717) is 6.42 Å². The van der Waals surface area contributed by atoms with Gasteiger partial charge in [0.15, 0.2) is 4.33 Å². The zero-order valence-corrected chi connectivity index (χ0v) is 21.8. The third-order valence-corrected chi connectivity index (χ3v) is 8.00. The van der Waals surface area contributed by atoms with Crippen LogP contribution in [0.2, 0.25) is 0 Å². The van der Waals surface area contributed by atoms with E-state index in [1.807, 2.05) is 0 Å². The minimum atomic E-state index is -1.62. The minimum Gasteiger partial charge on any atom is -0.0969 e. The van der Waals surface area contributed by atoms with Crippen LogP contribution in [0, 0.1) is 0 Å². The Morgan fingerprint density at radius 2 is 0.643 bits per heavy atom. The van der Waals surface area contributed by atoms with Crippen LogP contribution in [-0.2, 0) is 0 Å². The van der Waals surface area contributed by atoms with Crippen LogP contribution >= 0.6 is 58.0 Å². The molecule has 170 valence electrons. The first-order chi connectivity index (χ1) is 13.3. The molecule has 0 aromatic heterocycles. The SMILES string of the molecule is CCCCCCCCCCCCCCCCCCCCCC(Cl)(Cl)C(Cl)(Cl)Cl. The van der Waals surface area contributed by atoms with E-state index in [0.717, 1.165) is 12.8 Å². The van der Waals surface area contributed by atoms with Crippen LogP contribution in [0.15, 0.2) is 0 Å². The molecule has 0 aliphatic rings. The van der Waals surface area contributed by atoms with Gasteiger partial charge in [-0.05, 0) is 6.42 Å². The molecule has 0 spiro atoms. The van der Waals surface area contributed by atoms with Crippen LogP contribution < -0.4 is 0 Å². The molecule has 0 unspecified atom stereocenters. The molecule has 0 amide bonds. The lowest BCUT2D eigenvalue weighted by molar-refractivity contribution is 0.519. The van der Waals surface area contributed by atoms with Crippen LogP contribution in [0.1, 0.15) is 135 Å². The van der Waals surface area contributed by atoms with Gasteiger partial charge in [-0.25, -0.2) is 0 Å². The first-order valence-corrected chi connectivity index (χ1v) is 13.6. The van der Waals surface area contributed by atoms with Gasteiger partial charge in [-0.1, -0.05) is 187 Å². The van der Waals surface area contributed by atoms with Gasteiger partial charge in [-0.3, -0.25) is 0 Å². The molecule has 0 N–H and O–H groups in total.